The first-order chi connectivity index (χ1) is 8.52. The predicted molar refractivity (Wildman–Crippen MR) is 72.6 cm³/mol. The van der Waals surface area contributed by atoms with Crippen LogP contribution in [0.4, 0.5) is 5.69 Å². The highest BCUT2D eigenvalue weighted by Gasteiger charge is 2.21. The predicted octanol–water partition coefficient (Wildman–Crippen LogP) is 1.36. The lowest BCUT2D eigenvalue weighted by Crippen LogP contribution is -2.40. The Kier molecular flexibility index (Phi) is 3.92. The van der Waals surface area contributed by atoms with Crippen molar-refractivity contribution in [2.45, 2.75) is 19.4 Å². The van der Waals surface area contributed by atoms with Gasteiger partial charge in [0.1, 0.15) is 0 Å². The van der Waals surface area contributed by atoms with E-state index >= 15 is 0 Å². The van der Waals surface area contributed by atoms with E-state index in [1.807, 2.05) is 31.2 Å². The van der Waals surface area contributed by atoms with Crippen molar-refractivity contribution in [1.82, 2.24) is 0 Å². The fraction of sp³-hybridized carbons (Fsp3) is 0.538. The highest BCUT2D eigenvalue weighted by molar-refractivity contribution is 7.91. The van der Waals surface area contributed by atoms with E-state index in [1.165, 1.54) is 0 Å². The van der Waals surface area contributed by atoms with Crippen molar-refractivity contribution in [3.8, 4) is 0 Å². The van der Waals surface area contributed by atoms with Crippen LogP contribution in [0.25, 0.3) is 0 Å². The minimum Gasteiger partial charge on any atom is -0.388 e. The topological polar surface area (TPSA) is 57.6 Å². The van der Waals surface area contributed by atoms with Crippen molar-refractivity contribution in [3.63, 3.8) is 0 Å². The fourth-order valence-corrected chi connectivity index (χ4v) is 3.31. The summed E-state index contributed by atoms with van der Waals surface area (Å²) in [6, 6.07) is 7.72. The molecule has 0 spiro atoms. The number of aliphatic hydroxyl groups excluding tert-OH is 1. The Labute approximate surface area is 108 Å². The Hall–Kier alpha value is -1.07. The minimum absolute atomic E-state index is 0.229. The second-order valence-corrected chi connectivity index (χ2v) is 6.96. The number of benzene rings is 1. The second kappa shape index (κ2) is 5.28. The first kappa shape index (κ1) is 13.4. The van der Waals surface area contributed by atoms with Crippen molar-refractivity contribution in [1.29, 1.82) is 0 Å². The van der Waals surface area contributed by atoms with E-state index < -0.39 is 15.9 Å². The summed E-state index contributed by atoms with van der Waals surface area (Å²) in [6.45, 7) is 3.05. The monoisotopic (exact) mass is 269 g/mol. The number of hydrogen-bond acceptors (Lipinski definition) is 4. The zero-order chi connectivity index (χ0) is 13.2. The molecule has 2 rings (SSSR count). The summed E-state index contributed by atoms with van der Waals surface area (Å²) >= 11 is 0. The molecule has 1 saturated heterocycles. The molecule has 1 aliphatic heterocycles. The summed E-state index contributed by atoms with van der Waals surface area (Å²) < 4.78 is 22.7. The van der Waals surface area contributed by atoms with E-state index in [0.717, 1.165) is 11.3 Å². The molecule has 0 aromatic heterocycles. The maximum Gasteiger partial charge on any atom is 0.153 e. The minimum atomic E-state index is -2.83. The lowest BCUT2D eigenvalue weighted by Gasteiger charge is -2.29. The van der Waals surface area contributed by atoms with Crippen LogP contribution in [0.2, 0.25) is 0 Å². The van der Waals surface area contributed by atoms with Gasteiger partial charge in [-0.25, -0.2) is 8.42 Å². The Balaban J connectivity index is 2.07. The van der Waals surface area contributed by atoms with E-state index in [4.69, 9.17) is 0 Å². The van der Waals surface area contributed by atoms with Crippen LogP contribution >= 0.6 is 0 Å². The van der Waals surface area contributed by atoms with Crippen molar-refractivity contribution in [2.24, 2.45) is 0 Å². The smallest absolute Gasteiger partial charge is 0.153 e. The standard InChI is InChI=1S/C13H19NO3S/c1-2-13(15)11-3-5-12(6-4-11)14-7-9-18(16,17)10-8-14/h3-6,13,15H,2,7-10H2,1H3/t13-/m1/s1. The highest BCUT2D eigenvalue weighted by Crippen LogP contribution is 2.22. The van der Waals surface area contributed by atoms with Crippen molar-refractivity contribution < 1.29 is 13.5 Å². The van der Waals surface area contributed by atoms with E-state index in [2.05, 4.69) is 4.90 Å². The van der Waals surface area contributed by atoms with Gasteiger partial charge in [0.05, 0.1) is 17.6 Å². The number of hydrogen-bond donors (Lipinski definition) is 1. The summed E-state index contributed by atoms with van der Waals surface area (Å²) in [5.41, 5.74) is 1.93. The summed E-state index contributed by atoms with van der Waals surface area (Å²) in [6.07, 6.45) is 0.280. The maximum atomic E-state index is 11.3. The number of sulfone groups is 1. The maximum absolute atomic E-state index is 11.3. The summed E-state index contributed by atoms with van der Waals surface area (Å²) in [7, 11) is -2.83. The molecule has 5 heteroatoms. The highest BCUT2D eigenvalue weighted by atomic mass is 32.2. The van der Waals surface area contributed by atoms with Gasteiger partial charge in [0.2, 0.25) is 0 Å². The van der Waals surface area contributed by atoms with Crippen molar-refractivity contribution >= 4 is 15.5 Å². The molecule has 1 aromatic rings. The van der Waals surface area contributed by atoms with Crippen molar-refractivity contribution in [2.75, 3.05) is 29.5 Å². The molecule has 1 aliphatic rings. The second-order valence-electron chi connectivity index (χ2n) is 4.65. The molecule has 1 N–H and O–H groups in total. The first-order valence-corrected chi connectivity index (χ1v) is 8.07. The van der Waals surface area contributed by atoms with Gasteiger partial charge in [0.25, 0.3) is 0 Å². The molecule has 100 valence electrons. The average Bonchev–Trinajstić information content (AvgIpc) is 2.38. The van der Waals surface area contributed by atoms with Gasteiger partial charge in [-0.05, 0) is 24.1 Å². The Bertz CT molecular complexity index is 481. The van der Waals surface area contributed by atoms with Crippen LogP contribution in [0.15, 0.2) is 24.3 Å². The molecule has 0 aliphatic carbocycles. The Morgan fingerprint density at radius 1 is 1.22 bits per heavy atom. The van der Waals surface area contributed by atoms with Gasteiger partial charge in [0.15, 0.2) is 9.84 Å². The van der Waals surface area contributed by atoms with Crippen LogP contribution in [0.5, 0.6) is 0 Å². The number of rotatable bonds is 3. The van der Waals surface area contributed by atoms with Gasteiger partial charge in [-0.15, -0.1) is 0 Å². The summed E-state index contributed by atoms with van der Waals surface area (Å²) in [4.78, 5) is 2.07. The van der Waals surface area contributed by atoms with E-state index in [1.54, 1.807) is 0 Å². The van der Waals surface area contributed by atoms with E-state index in [0.29, 0.717) is 19.5 Å². The molecule has 4 nitrogen and oxygen atoms in total. The fourth-order valence-electron chi connectivity index (χ4n) is 2.11. The van der Waals surface area contributed by atoms with Crippen LogP contribution in [0, 0.1) is 0 Å². The van der Waals surface area contributed by atoms with Crippen LogP contribution in [0.1, 0.15) is 25.0 Å². The molecule has 1 fully saturated rings. The molecule has 18 heavy (non-hydrogen) atoms. The lowest BCUT2D eigenvalue weighted by molar-refractivity contribution is 0.173. The quantitative estimate of drug-likeness (QED) is 0.900. The molecular formula is C13H19NO3S. The van der Waals surface area contributed by atoms with Crippen LogP contribution in [-0.2, 0) is 9.84 Å². The summed E-state index contributed by atoms with van der Waals surface area (Å²) in [5.74, 6) is 0.457. The largest absolute Gasteiger partial charge is 0.388 e. The third kappa shape index (κ3) is 3.03. The molecular weight excluding hydrogens is 250 g/mol. The van der Waals surface area contributed by atoms with Gasteiger partial charge >= 0.3 is 0 Å². The molecule has 1 atom stereocenters. The van der Waals surface area contributed by atoms with Gasteiger partial charge in [-0.1, -0.05) is 19.1 Å². The SMILES string of the molecule is CC[C@@H](O)c1ccc(N2CCS(=O)(=O)CC2)cc1. The molecule has 1 heterocycles. The van der Waals surface area contributed by atoms with Gasteiger partial charge in [0, 0.05) is 18.8 Å². The molecule has 0 saturated carbocycles. The van der Waals surface area contributed by atoms with Crippen LogP contribution in [0.3, 0.4) is 0 Å². The molecule has 1 aromatic carbocycles. The van der Waals surface area contributed by atoms with Crippen LogP contribution in [-0.4, -0.2) is 38.1 Å². The zero-order valence-corrected chi connectivity index (χ0v) is 11.4. The van der Waals surface area contributed by atoms with Gasteiger partial charge < -0.3 is 10.0 Å². The summed E-state index contributed by atoms with van der Waals surface area (Å²) in [5, 5.41) is 9.71. The third-order valence-corrected chi connectivity index (χ3v) is 4.98. The van der Waals surface area contributed by atoms with E-state index in [9.17, 15) is 13.5 Å². The van der Waals surface area contributed by atoms with Gasteiger partial charge in [-0.3, -0.25) is 0 Å². The zero-order valence-electron chi connectivity index (χ0n) is 10.5. The normalized spacial score (nSPS) is 20.7. The first-order valence-electron chi connectivity index (χ1n) is 6.25. The molecule has 0 amide bonds. The van der Waals surface area contributed by atoms with Crippen LogP contribution < -0.4 is 4.90 Å². The molecule has 0 unspecified atom stereocenters. The Morgan fingerprint density at radius 3 is 2.28 bits per heavy atom. The number of anilines is 1. The third-order valence-electron chi connectivity index (χ3n) is 3.37. The average molecular weight is 269 g/mol. The van der Waals surface area contributed by atoms with Crippen molar-refractivity contribution in [3.05, 3.63) is 29.8 Å². The molecule has 0 radical (unpaired) electrons. The molecule has 0 bridgehead atoms. The Morgan fingerprint density at radius 2 is 1.78 bits per heavy atom. The van der Waals surface area contributed by atoms with Gasteiger partial charge in [-0.2, -0.15) is 0 Å². The lowest BCUT2D eigenvalue weighted by atomic mass is 10.1. The van der Waals surface area contributed by atoms with E-state index in [-0.39, 0.29) is 11.5 Å². The number of nitrogens with zero attached hydrogens (tertiary/aromatic N) is 1. The number of aliphatic hydroxyl groups is 1.